The number of amides is 1. The first-order chi connectivity index (χ1) is 11.6. The molecule has 24 heavy (non-hydrogen) atoms. The molecule has 1 atom stereocenters. The largest absolute Gasteiger partial charge is 0.448 e. The van der Waals surface area contributed by atoms with Gasteiger partial charge in [0, 0.05) is 6.20 Å². The van der Waals surface area contributed by atoms with E-state index >= 15 is 0 Å². The minimum atomic E-state index is -0.981. The Morgan fingerprint density at radius 3 is 2.62 bits per heavy atom. The molecule has 0 saturated heterocycles. The molecule has 0 radical (unpaired) electrons. The number of benzene rings is 1. The van der Waals surface area contributed by atoms with Gasteiger partial charge >= 0.3 is 5.97 Å². The van der Waals surface area contributed by atoms with E-state index in [2.05, 4.69) is 20.3 Å². The van der Waals surface area contributed by atoms with Crippen LogP contribution in [-0.2, 0) is 9.53 Å². The summed E-state index contributed by atoms with van der Waals surface area (Å²) in [5.41, 5.74) is 1.83. The molecule has 1 N–H and O–H groups in total. The minimum absolute atomic E-state index is 0.0507. The molecular formula is C17H14N4O3. The van der Waals surface area contributed by atoms with Crippen molar-refractivity contribution in [3.63, 3.8) is 0 Å². The van der Waals surface area contributed by atoms with Crippen molar-refractivity contribution in [3.05, 3.63) is 60.7 Å². The number of nitrogens with one attached hydrogen (secondary N) is 1. The second-order valence-corrected chi connectivity index (χ2v) is 5.02. The van der Waals surface area contributed by atoms with Crippen molar-refractivity contribution in [2.24, 2.45) is 0 Å². The highest BCUT2D eigenvalue weighted by Crippen LogP contribution is 2.10. The van der Waals surface area contributed by atoms with Gasteiger partial charge in [-0.15, -0.1) is 0 Å². The van der Waals surface area contributed by atoms with E-state index in [1.54, 1.807) is 36.5 Å². The number of pyridine rings is 1. The zero-order valence-electron chi connectivity index (χ0n) is 12.8. The molecule has 0 aliphatic rings. The highest BCUT2D eigenvalue weighted by Gasteiger charge is 2.20. The van der Waals surface area contributed by atoms with Crippen LogP contribution in [0.4, 0.5) is 5.69 Å². The molecule has 1 aromatic carbocycles. The maximum atomic E-state index is 12.1. The molecule has 2 heterocycles. The monoisotopic (exact) mass is 322 g/mol. The zero-order valence-corrected chi connectivity index (χ0v) is 12.8. The Balaban J connectivity index is 1.67. The fourth-order valence-corrected chi connectivity index (χ4v) is 2.01. The first kappa shape index (κ1) is 15.5. The van der Waals surface area contributed by atoms with Crippen molar-refractivity contribution in [2.45, 2.75) is 13.0 Å². The van der Waals surface area contributed by atoms with Gasteiger partial charge in [0.2, 0.25) is 0 Å². The Labute approximate surface area is 137 Å². The van der Waals surface area contributed by atoms with Crippen LogP contribution in [0.15, 0.2) is 55.0 Å². The molecule has 7 nitrogen and oxygen atoms in total. The summed E-state index contributed by atoms with van der Waals surface area (Å²) in [5, 5.41) is 2.61. The Morgan fingerprint density at radius 1 is 1.08 bits per heavy atom. The summed E-state index contributed by atoms with van der Waals surface area (Å²) in [5.74, 6) is -1.16. The van der Waals surface area contributed by atoms with Crippen molar-refractivity contribution in [2.75, 3.05) is 5.32 Å². The number of aromatic nitrogens is 3. The second kappa shape index (κ2) is 6.82. The first-order valence-corrected chi connectivity index (χ1v) is 7.27. The predicted octanol–water partition coefficient (Wildman–Crippen LogP) is 2.21. The van der Waals surface area contributed by atoms with Crippen LogP contribution in [-0.4, -0.2) is 32.9 Å². The summed E-state index contributed by atoms with van der Waals surface area (Å²) >= 11 is 0. The number of carbonyl (C=O) groups excluding carboxylic acids is 2. The van der Waals surface area contributed by atoms with E-state index in [0.717, 1.165) is 0 Å². The maximum Gasteiger partial charge on any atom is 0.359 e. The molecule has 3 aromatic rings. The summed E-state index contributed by atoms with van der Waals surface area (Å²) in [4.78, 5) is 36.4. The standard InChI is InChI=1S/C17H14N4O3/c1-11(16(22)20-12-5-4-8-18-9-12)24-17(23)15-10-19-13-6-2-3-7-14(13)21-15/h2-11H,1H3,(H,20,22). The van der Waals surface area contributed by atoms with Crippen LogP contribution in [0.2, 0.25) is 0 Å². The van der Waals surface area contributed by atoms with Gasteiger partial charge in [0.05, 0.1) is 29.1 Å². The number of rotatable bonds is 4. The summed E-state index contributed by atoms with van der Waals surface area (Å²) < 4.78 is 5.15. The van der Waals surface area contributed by atoms with Crippen molar-refractivity contribution in [1.29, 1.82) is 0 Å². The molecule has 0 bridgehead atoms. The summed E-state index contributed by atoms with van der Waals surface area (Å²) in [6, 6.07) is 10.6. The average Bonchev–Trinajstić information content (AvgIpc) is 2.62. The fourth-order valence-electron chi connectivity index (χ4n) is 2.01. The van der Waals surface area contributed by atoms with Gasteiger partial charge in [-0.3, -0.25) is 14.8 Å². The summed E-state index contributed by atoms with van der Waals surface area (Å²) in [6.07, 6.45) is 3.45. The molecule has 0 spiro atoms. The van der Waals surface area contributed by atoms with Crippen LogP contribution in [0.25, 0.3) is 11.0 Å². The van der Waals surface area contributed by atoms with Gasteiger partial charge < -0.3 is 10.1 Å². The van der Waals surface area contributed by atoms with Gasteiger partial charge in [-0.1, -0.05) is 12.1 Å². The smallest absolute Gasteiger partial charge is 0.359 e. The molecule has 0 fully saturated rings. The summed E-state index contributed by atoms with van der Waals surface area (Å²) in [7, 11) is 0. The van der Waals surface area contributed by atoms with E-state index in [9.17, 15) is 9.59 Å². The third-order valence-electron chi connectivity index (χ3n) is 3.24. The second-order valence-electron chi connectivity index (χ2n) is 5.02. The number of carbonyl (C=O) groups is 2. The molecule has 7 heteroatoms. The molecular weight excluding hydrogens is 308 g/mol. The molecule has 3 rings (SSSR count). The fraction of sp³-hybridized carbons (Fsp3) is 0.118. The SMILES string of the molecule is CC(OC(=O)c1cnc2ccccc2n1)C(=O)Nc1cccnc1. The first-order valence-electron chi connectivity index (χ1n) is 7.27. The number of hydrogen-bond donors (Lipinski definition) is 1. The molecule has 0 aliphatic heterocycles. The van der Waals surface area contributed by atoms with Crippen molar-refractivity contribution >= 4 is 28.6 Å². The summed E-state index contributed by atoms with van der Waals surface area (Å²) in [6.45, 7) is 1.48. The van der Waals surface area contributed by atoms with Gasteiger partial charge in [0.1, 0.15) is 0 Å². The third-order valence-corrected chi connectivity index (χ3v) is 3.24. The van der Waals surface area contributed by atoms with Gasteiger partial charge in [0.25, 0.3) is 5.91 Å². The number of anilines is 1. The van der Waals surface area contributed by atoms with Gasteiger partial charge in [-0.25, -0.2) is 9.78 Å². The Kier molecular flexibility index (Phi) is 4.42. The van der Waals surface area contributed by atoms with Crippen molar-refractivity contribution in [3.8, 4) is 0 Å². The molecule has 0 aliphatic carbocycles. The zero-order chi connectivity index (χ0) is 16.9. The quantitative estimate of drug-likeness (QED) is 0.740. The Hall–Kier alpha value is -3.35. The minimum Gasteiger partial charge on any atom is -0.448 e. The van der Waals surface area contributed by atoms with E-state index in [4.69, 9.17) is 4.74 Å². The molecule has 2 aromatic heterocycles. The molecule has 0 saturated carbocycles. The van der Waals surface area contributed by atoms with E-state index in [0.29, 0.717) is 16.7 Å². The lowest BCUT2D eigenvalue weighted by Gasteiger charge is -2.13. The van der Waals surface area contributed by atoms with E-state index in [-0.39, 0.29) is 5.69 Å². The van der Waals surface area contributed by atoms with E-state index in [1.807, 2.05) is 6.07 Å². The lowest BCUT2D eigenvalue weighted by molar-refractivity contribution is -0.123. The highest BCUT2D eigenvalue weighted by molar-refractivity contribution is 5.97. The number of esters is 1. The molecule has 1 unspecified atom stereocenters. The number of hydrogen-bond acceptors (Lipinski definition) is 6. The van der Waals surface area contributed by atoms with Crippen LogP contribution < -0.4 is 5.32 Å². The van der Waals surface area contributed by atoms with Gasteiger partial charge in [-0.05, 0) is 31.2 Å². The van der Waals surface area contributed by atoms with Crippen LogP contribution in [0.1, 0.15) is 17.4 Å². The van der Waals surface area contributed by atoms with E-state index in [1.165, 1.54) is 19.3 Å². The van der Waals surface area contributed by atoms with Gasteiger partial charge in [-0.2, -0.15) is 0 Å². The Morgan fingerprint density at radius 2 is 1.88 bits per heavy atom. The van der Waals surface area contributed by atoms with Crippen LogP contribution in [0.5, 0.6) is 0 Å². The van der Waals surface area contributed by atoms with Gasteiger partial charge in [0.15, 0.2) is 11.8 Å². The Bertz CT molecular complexity index is 883. The topological polar surface area (TPSA) is 94.1 Å². The lowest BCUT2D eigenvalue weighted by Crippen LogP contribution is -2.30. The third kappa shape index (κ3) is 3.52. The predicted molar refractivity (Wildman–Crippen MR) is 87.3 cm³/mol. The number of ether oxygens (including phenoxy) is 1. The van der Waals surface area contributed by atoms with Crippen molar-refractivity contribution < 1.29 is 14.3 Å². The van der Waals surface area contributed by atoms with Crippen molar-refractivity contribution in [1.82, 2.24) is 15.0 Å². The number of para-hydroxylation sites is 2. The van der Waals surface area contributed by atoms with Crippen LogP contribution in [0.3, 0.4) is 0 Å². The van der Waals surface area contributed by atoms with Crippen LogP contribution in [0, 0.1) is 0 Å². The van der Waals surface area contributed by atoms with Crippen LogP contribution >= 0.6 is 0 Å². The molecule has 120 valence electrons. The normalized spacial score (nSPS) is 11.7. The number of fused-ring (bicyclic) bond motifs is 1. The average molecular weight is 322 g/mol. The van der Waals surface area contributed by atoms with E-state index < -0.39 is 18.0 Å². The molecule has 1 amide bonds. The lowest BCUT2D eigenvalue weighted by atomic mass is 10.3. The number of nitrogens with zero attached hydrogens (tertiary/aromatic N) is 3. The maximum absolute atomic E-state index is 12.1. The highest BCUT2D eigenvalue weighted by atomic mass is 16.5.